The number of benzene rings is 9. The smallest absolute Gasteiger partial charge is 0.0159 e. The van der Waals surface area contributed by atoms with Crippen LogP contribution in [0.4, 0.5) is 0 Å². The Morgan fingerprint density at radius 1 is 0.319 bits per heavy atom. The van der Waals surface area contributed by atoms with Gasteiger partial charge in [-0.3, -0.25) is 0 Å². The van der Waals surface area contributed by atoms with E-state index < -0.39 is 0 Å². The van der Waals surface area contributed by atoms with Crippen molar-refractivity contribution in [2.45, 2.75) is 19.3 Å². The second kappa shape index (κ2) is 9.64. The van der Waals surface area contributed by atoms with Crippen molar-refractivity contribution in [3.05, 3.63) is 169 Å². The largest absolute Gasteiger partial charge is 0.0622 e. The van der Waals surface area contributed by atoms with Gasteiger partial charge in [0.2, 0.25) is 0 Å². The van der Waals surface area contributed by atoms with E-state index in [1.165, 1.54) is 98.4 Å². The monoisotopic (exact) mass is 596 g/mol. The highest BCUT2D eigenvalue weighted by Crippen LogP contribution is 2.53. The molecule has 0 aliphatic heterocycles. The molecular formula is C47H32. The molecule has 9 aromatic carbocycles. The van der Waals surface area contributed by atoms with Gasteiger partial charge in [-0.2, -0.15) is 0 Å². The maximum absolute atomic E-state index is 2.48. The minimum absolute atomic E-state index is 0.0345. The Kier molecular flexibility index (Phi) is 5.44. The van der Waals surface area contributed by atoms with E-state index in [1.54, 1.807) is 0 Å². The lowest BCUT2D eigenvalue weighted by Crippen LogP contribution is -2.14. The summed E-state index contributed by atoms with van der Waals surface area (Å²) in [6.45, 7) is 4.73. The second-order valence-corrected chi connectivity index (χ2v) is 13.6. The van der Waals surface area contributed by atoms with E-state index >= 15 is 0 Å². The third-order valence-corrected chi connectivity index (χ3v) is 10.8. The average Bonchev–Trinajstić information content (AvgIpc) is 3.37. The molecule has 47 heavy (non-hydrogen) atoms. The van der Waals surface area contributed by atoms with Crippen LogP contribution in [0.15, 0.2) is 158 Å². The highest BCUT2D eigenvalue weighted by Gasteiger charge is 2.36. The molecule has 220 valence electrons. The van der Waals surface area contributed by atoms with Crippen molar-refractivity contribution in [3.8, 4) is 33.4 Å². The first-order valence-corrected chi connectivity index (χ1v) is 16.6. The SMILES string of the molecule is CC1(C)c2ccccc2-c2c(-c3ccc4c5ccc(-c6ccccc6)cc5c5c6ccccc6c6ccccc6c5c4c3)cccc21. The Balaban J connectivity index is 1.37. The summed E-state index contributed by atoms with van der Waals surface area (Å²) in [6, 6.07) is 58.9. The number of hydrogen-bond donors (Lipinski definition) is 0. The van der Waals surface area contributed by atoms with Crippen LogP contribution in [0.25, 0.3) is 87.2 Å². The van der Waals surface area contributed by atoms with E-state index in [1.807, 2.05) is 0 Å². The van der Waals surface area contributed by atoms with E-state index in [2.05, 4.69) is 172 Å². The van der Waals surface area contributed by atoms with Crippen LogP contribution in [0.5, 0.6) is 0 Å². The van der Waals surface area contributed by atoms with Gasteiger partial charge in [0.1, 0.15) is 0 Å². The van der Waals surface area contributed by atoms with E-state index in [0.717, 1.165) is 0 Å². The fourth-order valence-corrected chi connectivity index (χ4v) is 8.65. The molecule has 1 aliphatic carbocycles. The predicted molar refractivity (Wildman–Crippen MR) is 202 cm³/mol. The van der Waals surface area contributed by atoms with Crippen LogP contribution < -0.4 is 0 Å². The van der Waals surface area contributed by atoms with E-state index in [0.29, 0.717) is 0 Å². The zero-order valence-electron chi connectivity index (χ0n) is 26.5. The maximum Gasteiger partial charge on any atom is 0.0159 e. The van der Waals surface area contributed by atoms with Crippen molar-refractivity contribution in [1.82, 2.24) is 0 Å². The lowest BCUT2D eigenvalue weighted by Gasteiger charge is -2.21. The Labute approximate surface area is 274 Å². The Bertz CT molecular complexity index is 2740. The van der Waals surface area contributed by atoms with Crippen molar-refractivity contribution >= 4 is 53.9 Å². The highest BCUT2D eigenvalue weighted by molar-refractivity contribution is 6.39. The third-order valence-electron chi connectivity index (χ3n) is 10.8. The van der Waals surface area contributed by atoms with Crippen molar-refractivity contribution in [3.63, 3.8) is 0 Å². The Hall–Kier alpha value is -5.72. The van der Waals surface area contributed by atoms with E-state index in [9.17, 15) is 0 Å². The van der Waals surface area contributed by atoms with Crippen molar-refractivity contribution in [2.24, 2.45) is 0 Å². The minimum atomic E-state index is -0.0345. The molecule has 0 fully saturated rings. The molecule has 0 unspecified atom stereocenters. The standard InChI is InChI=1S/C47H32/c1-47(2)42-21-11-10-19-39(42)44-32(20-12-22-43(44)47)31-24-26-36-35-25-23-30(29-13-4-3-5-14-29)27-40(35)45-37-17-8-6-15-33(37)34-16-7-9-18-38(34)46(45)41(36)28-31/h3-28H,1-2H3. The number of fused-ring (bicyclic) bond motifs is 14. The molecule has 1 aliphatic rings. The summed E-state index contributed by atoms with van der Waals surface area (Å²) in [4.78, 5) is 0. The summed E-state index contributed by atoms with van der Waals surface area (Å²) in [7, 11) is 0. The quantitative estimate of drug-likeness (QED) is 0.174. The highest BCUT2D eigenvalue weighted by atomic mass is 14.4. The molecule has 0 spiro atoms. The predicted octanol–water partition coefficient (Wildman–Crippen LogP) is 13.1. The lowest BCUT2D eigenvalue weighted by atomic mass is 9.81. The number of hydrogen-bond acceptors (Lipinski definition) is 0. The molecule has 0 nitrogen and oxygen atoms in total. The number of rotatable bonds is 2. The van der Waals surface area contributed by atoms with Gasteiger partial charge < -0.3 is 0 Å². The van der Waals surface area contributed by atoms with Crippen LogP contribution in [0.2, 0.25) is 0 Å². The minimum Gasteiger partial charge on any atom is -0.0622 e. The molecule has 0 heteroatoms. The third kappa shape index (κ3) is 3.64. The van der Waals surface area contributed by atoms with Gasteiger partial charge in [-0.15, -0.1) is 0 Å². The molecule has 0 amide bonds. The van der Waals surface area contributed by atoms with Crippen LogP contribution in [0, 0.1) is 0 Å². The summed E-state index contributed by atoms with van der Waals surface area (Å²) in [5.74, 6) is 0. The van der Waals surface area contributed by atoms with Gasteiger partial charge >= 0.3 is 0 Å². The molecule has 10 rings (SSSR count). The first kappa shape index (κ1) is 26.5. The fraction of sp³-hybridized carbons (Fsp3) is 0.0638. The van der Waals surface area contributed by atoms with E-state index in [-0.39, 0.29) is 5.41 Å². The Morgan fingerprint density at radius 3 is 1.49 bits per heavy atom. The Morgan fingerprint density at radius 2 is 0.809 bits per heavy atom. The molecule has 0 aromatic heterocycles. The van der Waals surface area contributed by atoms with Crippen LogP contribution in [-0.4, -0.2) is 0 Å². The average molecular weight is 597 g/mol. The maximum atomic E-state index is 2.48. The van der Waals surface area contributed by atoms with Gasteiger partial charge in [-0.1, -0.05) is 159 Å². The van der Waals surface area contributed by atoms with E-state index in [4.69, 9.17) is 0 Å². The fourth-order valence-electron chi connectivity index (χ4n) is 8.65. The topological polar surface area (TPSA) is 0 Å². The molecule has 0 radical (unpaired) electrons. The van der Waals surface area contributed by atoms with Crippen molar-refractivity contribution in [2.75, 3.05) is 0 Å². The molecule has 0 saturated heterocycles. The van der Waals surface area contributed by atoms with Gasteiger partial charge in [0.05, 0.1) is 0 Å². The first-order chi connectivity index (χ1) is 23.1. The zero-order chi connectivity index (χ0) is 31.3. The second-order valence-electron chi connectivity index (χ2n) is 13.6. The normalized spacial score (nSPS) is 13.5. The first-order valence-electron chi connectivity index (χ1n) is 16.6. The zero-order valence-corrected chi connectivity index (χ0v) is 26.5. The molecule has 0 saturated carbocycles. The summed E-state index contributed by atoms with van der Waals surface area (Å²) in [5.41, 5.74) is 10.6. The van der Waals surface area contributed by atoms with Crippen LogP contribution in [0.1, 0.15) is 25.0 Å². The molecule has 0 atom stereocenters. The van der Waals surface area contributed by atoms with Gasteiger partial charge in [0.15, 0.2) is 0 Å². The van der Waals surface area contributed by atoms with Crippen LogP contribution in [-0.2, 0) is 5.41 Å². The van der Waals surface area contributed by atoms with Crippen LogP contribution in [0.3, 0.4) is 0 Å². The van der Waals surface area contributed by atoms with Crippen molar-refractivity contribution < 1.29 is 0 Å². The molecule has 0 N–H and O–H groups in total. The molecule has 0 heterocycles. The van der Waals surface area contributed by atoms with Gasteiger partial charge in [-0.05, 0) is 111 Å². The molecular weight excluding hydrogens is 565 g/mol. The summed E-state index contributed by atoms with van der Waals surface area (Å²) >= 11 is 0. The molecule has 0 bridgehead atoms. The van der Waals surface area contributed by atoms with Gasteiger partial charge in [-0.25, -0.2) is 0 Å². The summed E-state index contributed by atoms with van der Waals surface area (Å²) < 4.78 is 0. The molecule has 9 aromatic rings. The van der Waals surface area contributed by atoms with Crippen molar-refractivity contribution in [1.29, 1.82) is 0 Å². The lowest BCUT2D eigenvalue weighted by molar-refractivity contribution is 0.660. The van der Waals surface area contributed by atoms with Gasteiger partial charge in [0.25, 0.3) is 0 Å². The summed E-state index contributed by atoms with van der Waals surface area (Å²) in [6.07, 6.45) is 0. The van der Waals surface area contributed by atoms with Gasteiger partial charge in [0, 0.05) is 5.41 Å². The van der Waals surface area contributed by atoms with Crippen LogP contribution >= 0.6 is 0 Å². The summed E-state index contributed by atoms with van der Waals surface area (Å²) in [5, 5.41) is 13.1.